The molecule has 0 aromatic heterocycles. The van der Waals surface area contributed by atoms with E-state index < -0.39 is 16.0 Å². The zero-order valence-corrected chi connectivity index (χ0v) is 15.9. The second-order valence-corrected chi connectivity index (χ2v) is 8.83. The van der Waals surface area contributed by atoms with Crippen LogP contribution >= 0.6 is 0 Å². The van der Waals surface area contributed by atoms with Crippen LogP contribution in [0.3, 0.4) is 0 Å². The van der Waals surface area contributed by atoms with E-state index in [4.69, 9.17) is 4.74 Å². The highest BCUT2D eigenvalue weighted by Crippen LogP contribution is 2.34. The fourth-order valence-electron chi connectivity index (χ4n) is 3.68. The van der Waals surface area contributed by atoms with Crippen molar-refractivity contribution in [1.82, 2.24) is 4.90 Å². The van der Waals surface area contributed by atoms with Gasteiger partial charge in [0.2, 0.25) is 10.0 Å². The minimum Gasteiger partial charge on any atom is -0.452 e. The number of rotatable bonds is 4. The molecule has 0 aliphatic carbocycles. The lowest BCUT2D eigenvalue weighted by Gasteiger charge is -2.26. The predicted molar refractivity (Wildman–Crippen MR) is 97.6 cm³/mol. The highest BCUT2D eigenvalue weighted by Gasteiger charge is 2.33. The number of fused-ring (bicyclic) bond motifs is 1. The molecular weight excluding hydrogens is 356 g/mol. The fraction of sp³-hybridized carbons (Fsp3) is 0.556. The molecule has 0 bridgehead atoms. The monoisotopic (exact) mass is 380 g/mol. The number of nitrogens with zero attached hydrogens (tertiary/aromatic N) is 2. The van der Waals surface area contributed by atoms with Crippen LogP contribution < -0.4 is 4.31 Å². The van der Waals surface area contributed by atoms with Gasteiger partial charge in [0, 0.05) is 19.1 Å². The summed E-state index contributed by atoms with van der Waals surface area (Å²) < 4.78 is 30.4. The largest absolute Gasteiger partial charge is 0.452 e. The van der Waals surface area contributed by atoms with E-state index in [1.165, 1.54) is 10.6 Å². The van der Waals surface area contributed by atoms with E-state index in [1.54, 1.807) is 23.1 Å². The second kappa shape index (κ2) is 7.26. The molecule has 0 radical (unpaired) electrons. The van der Waals surface area contributed by atoms with Gasteiger partial charge in [0.25, 0.3) is 5.91 Å². The molecule has 1 amide bonds. The van der Waals surface area contributed by atoms with Crippen LogP contribution in [-0.4, -0.2) is 57.2 Å². The molecular formula is C18H24N2O5S. The molecule has 3 rings (SSSR count). The van der Waals surface area contributed by atoms with Crippen molar-refractivity contribution >= 4 is 27.6 Å². The average Bonchev–Trinajstić information content (AvgIpc) is 2.95. The van der Waals surface area contributed by atoms with Crippen LogP contribution in [0.2, 0.25) is 0 Å². The number of hydrogen-bond acceptors (Lipinski definition) is 5. The lowest BCUT2D eigenvalue weighted by Crippen LogP contribution is -2.38. The number of carbonyl (C=O) groups excluding carboxylic acids is 2. The summed E-state index contributed by atoms with van der Waals surface area (Å²) in [5, 5.41) is 0. The predicted octanol–water partition coefficient (Wildman–Crippen LogP) is 1.57. The van der Waals surface area contributed by atoms with Gasteiger partial charge in [-0.3, -0.25) is 9.10 Å². The van der Waals surface area contributed by atoms with Gasteiger partial charge in [-0.25, -0.2) is 13.2 Å². The first-order valence-electron chi connectivity index (χ1n) is 8.84. The van der Waals surface area contributed by atoms with Gasteiger partial charge in [-0.05, 0) is 56.4 Å². The number of amides is 1. The Morgan fingerprint density at radius 1 is 1.19 bits per heavy atom. The maximum Gasteiger partial charge on any atom is 0.338 e. The number of hydrogen-bond donors (Lipinski definition) is 0. The third-order valence-electron chi connectivity index (χ3n) is 4.86. The summed E-state index contributed by atoms with van der Waals surface area (Å²) in [7, 11) is -3.37. The Bertz CT molecular complexity index is 815. The standard InChI is InChI=1S/C18H24N2O5S/c1-13-10-15-11-14(6-7-16(15)20(13)26(2,23)24)18(22)25-12-17(21)19-8-4-3-5-9-19/h6-7,11,13H,3-5,8-10,12H2,1-2H3/t13-/m1/s1. The Labute approximate surface area is 154 Å². The van der Waals surface area contributed by atoms with Crippen molar-refractivity contribution in [3.8, 4) is 0 Å². The normalized spacial score (nSPS) is 20.0. The minimum absolute atomic E-state index is 0.170. The van der Waals surface area contributed by atoms with Crippen molar-refractivity contribution in [3.05, 3.63) is 29.3 Å². The van der Waals surface area contributed by atoms with Gasteiger partial charge in [0.15, 0.2) is 6.61 Å². The Hall–Kier alpha value is -2.09. The van der Waals surface area contributed by atoms with Crippen LogP contribution in [-0.2, 0) is 26.0 Å². The molecule has 7 nitrogen and oxygen atoms in total. The van der Waals surface area contributed by atoms with Crippen LogP contribution in [0.5, 0.6) is 0 Å². The van der Waals surface area contributed by atoms with E-state index in [-0.39, 0.29) is 18.6 Å². The number of ether oxygens (including phenoxy) is 1. The van der Waals surface area contributed by atoms with Crippen molar-refractivity contribution in [1.29, 1.82) is 0 Å². The van der Waals surface area contributed by atoms with E-state index in [0.717, 1.165) is 24.8 Å². The van der Waals surface area contributed by atoms with Crippen LogP contribution in [0.15, 0.2) is 18.2 Å². The zero-order valence-electron chi connectivity index (χ0n) is 15.1. The highest BCUT2D eigenvalue weighted by molar-refractivity contribution is 7.92. The van der Waals surface area contributed by atoms with Gasteiger partial charge in [-0.15, -0.1) is 0 Å². The summed E-state index contributed by atoms with van der Waals surface area (Å²) in [5.74, 6) is -0.736. The molecule has 1 aromatic carbocycles. The average molecular weight is 380 g/mol. The molecule has 0 spiro atoms. The molecule has 26 heavy (non-hydrogen) atoms. The summed E-state index contributed by atoms with van der Waals surface area (Å²) in [5.41, 5.74) is 1.72. The first kappa shape index (κ1) is 18.7. The SMILES string of the molecule is C[C@@H]1Cc2cc(C(=O)OCC(=O)N3CCCCC3)ccc2N1S(C)(=O)=O. The van der Waals surface area contributed by atoms with Gasteiger partial charge in [0.05, 0.1) is 17.5 Å². The summed E-state index contributed by atoms with van der Waals surface area (Å²) in [6, 6.07) is 4.64. The Balaban J connectivity index is 1.66. The minimum atomic E-state index is -3.37. The van der Waals surface area contributed by atoms with Gasteiger partial charge in [-0.1, -0.05) is 0 Å². The zero-order chi connectivity index (χ0) is 18.9. The summed E-state index contributed by atoms with van der Waals surface area (Å²) in [6.07, 6.45) is 4.81. The van der Waals surface area contributed by atoms with Crippen LogP contribution in [0.25, 0.3) is 0 Å². The molecule has 1 aromatic rings. The molecule has 2 heterocycles. The van der Waals surface area contributed by atoms with E-state index >= 15 is 0 Å². The molecule has 1 fully saturated rings. The van der Waals surface area contributed by atoms with Crippen LogP contribution in [0.4, 0.5) is 5.69 Å². The Kier molecular flexibility index (Phi) is 5.22. The number of likely N-dealkylation sites (tertiary alicyclic amines) is 1. The van der Waals surface area contributed by atoms with Gasteiger partial charge in [-0.2, -0.15) is 0 Å². The molecule has 0 N–H and O–H groups in total. The highest BCUT2D eigenvalue weighted by atomic mass is 32.2. The Morgan fingerprint density at radius 3 is 2.54 bits per heavy atom. The van der Waals surface area contributed by atoms with Gasteiger partial charge in [0.1, 0.15) is 0 Å². The third-order valence-corrected chi connectivity index (χ3v) is 6.13. The number of benzene rings is 1. The molecule has 1 atom stereocenters. The number of piperidine rings is 1. The van der Waals surface area contributed by atoms with Gasteiger partial charge >= 0.3 is 5.97 Å². The summed E-state index contributed by atoms with van der Waals surface area (Å²) in [4.78, 5) is 26.1. The molecule has 8 heteroatoms. The molecule has 0 unspecified atom stereocenters. The number of sulfonamides is 1. The summed E-state index contributed by atoms with van der Waals surface area (Å²) in [6.45, 7) is 3.00. The fourth-order valence-corrected chi connectivity index (χ4v) is 4.94. The first-order chi connectivity index (χ1) is 12.3. The quantitative estimate of drug-likeness (QED) is 0.741. The molecule has 142 valence electrons. The lowest BCUT2D eigenvalue weighted by molar-refractivity contribution is -0.135. The molecule has 2 aliphatic rings. The van der Waals surface area contributed by atoms with E-state index in [2.05, 4.69) is 0 Å². The van der Waals surface area contributed by atoms with Crippen molar-refractivity contribution in [2.24, 2.45) is 0 Å². The molecule has 1 saturated heterocycles. The number of anilines is 1. The van der Waals surface area contributed by atoms with E-state index in [0.29, 0.717) is 30.8 Å². The lowest BCUT2D eigenvalue weighted by atomic mass is 10.1. The number of esters is 1. The van der Waals surface area contributed by atoms with Crippen molar-refractivity contribution in [2.75, 3.05) is 30.3 Å². The molecule has 0 saturated carbocycles. The van der Waals surface area contributed by atoms with E-state index in [9.17, 15) is 18.0 Å². The van der Waals surface area contributed by atoms with Crippen molar-refractivity contribution in [2.45, 2.75) is 38.6 Å². The first-order valence-corrected chi connectivity index (χ1v) is 10.7. The topological polar surface area (TPSA) is 84.0 Å². The summed E-state index contributed by atoms with van der Waals surface area (Å²) >= 11 is 0. The van der Waals surface area contributed by atoms with Crippen LogP contribution in [0, 0.1) is 0 Å². The number of carbonyl (C=O) groups is 2. The van der Waals surface area contributed by atoms with E-state index in [1.807, 2.05) is 6.92 Å². The Morgan fingerprint density at radius 2 is 1.88 bits per heavy atom. The van der Waals surface area contributed by atoms with Crippen LogP contribution in [0.1, 0.15) is 42.1 Å². The molecule has 2 aliphatic heterocycles. The maximum atomic E-state index is 12.3. The maximum absolute atomic E-state index is 12.3. The van der Waals surface area contributed by atoms with Crippen molar-refractivity contribution in [3.63, 3.8) is 0 Å². The van der Waals surface area contributed by atoms with Gasteiger partial charge < -0.3 is 9.64 Å². The second-order valence-electron chi connectivity index (χ2n) is 6.97. The third kappa shape index (κ3) is 3.85. The smallest absolute Gasteiger partial charge is 0.338 e. The van der Waals surface area contributed by atoms with Crippen molar-refractivity contribution < 1.29 is 22.7 Å².